The lowest BCUT2D eigenvalue weighted by Gasteiger charge is -2.28. The number of hydrogen-bond acceptors (Lipinski definition) is 8. The van der Waals surface area contributed by atoms with Crippen molar-refractivity contribution in [3.63, 3.8) is 0 Å². The van der Waals surface area contributed by atoms with Crippen molar-refractivity contribution >= 4 is 24.1 Å². The van der Waals surface area contributed by atoms with E-state index < -0.39 is 23.9 Å². The van der Waals surface area contributed by atoms with Crippen molar-refractivity contribution in [3.05, 3.63) is 83.3 Å². The maximum atomic E-state index is 12.3. The predicted molar refractivity (Wildman–Crippen MR) is 137 cm³/mol. The van der Waals surface area contributed by atoms with E-state index in [0.717, 1.165) is 5.56 Å². The van der Waals surface area contributed by atoms with Crippen LogP contribution in [0.2, 0.25) is 0 Å². The van der Waals surface area contributed by atoms with Crippen LogP contribution in [0.25, 0.3) is 11.3 Å². The Morgan fingerprint density at radius 2 is 1.87 bits per heavy atom. The summed E-state index contributed by atoms with van der Waals surface area (Å²) in [6, 6.07) is 16.8. The minimum Gasteiger partial charge on any atom is -0.493 e. The number of amides is 3. The van der Waals surface area contributed by atoms with Gasteiger partial charge in [0.25, 0.3) is 5.91 Å². The fourth-order valence-electron chi connectivity index (χ4n) is 3.83. The summed E-state index contributed by atoms with van der Waals surface area (Å²) >= 11 is 0. The Kier molecular flexibility index (Phi) is 8.07. The highest BCUT2D eigenvalue weighted by atomic mass is 16.5. The molecule has 0 fully saturated rings. The van der Waals surface area contributed by atoms with Crippen molar-refractivity contribution < 1.29 is 33.0 Å². The molecule has 2 heterocycles. The van der Waals surface area contributed by atoms with Gasteiger partial charge in [-0.25, -0.2) is 15.0 Å². The zero-order valence-corrected chi connectivity index (χ0v) is 20.9. The van der Waals surface area contributed by atoms with Crippen LogP contribution in [0, 0.1) is 0 Å². The molecule has 1 aliphatic rings. The molecule has 0 spiro atoms. The third-order valence-electron chi connectivity index (χ3n) is 5.62. The minimum absolute atomic E-state index is 0.257. The van der Waals surface area contributed by atoms with Crippen LogP contribution in [0.3, 0.4) is 0 Å². The Labute approximate surface area is 218 Å². The number of allylic oxidation sites excluding steroid dienone is 1. The number of methoxy groups -OCH3 is 2. The number of urea groups is 1. The summed E-state index contributed by atoms with van der Waals surface area (Å²) < 4.78 is 21.6. The van der Waals surface area contributed by atoms with Gasteiger partial charge in [-0.2, -0.15) is 5.10 Å². The molecule has 1 aliphatic heterocycles. The first kappa shape index (κ1) is 26.0. The average molecular weight is 519 g/mol. The van der Waals surface area contributed by atoms with Gasteiger partial charge in [-0.05, 0) is 36.8 Å². The standard InChI is InChI=1S/C27H26N4O7/c1-16-24(26(33)36-3)25(30-27(34)29-16)18-9-11-21(22(13-18)35-2)37-15-23(32)31-28-14-19-10-12-20(38-19)17-7-5-4-6-8-17/h4-14,25H,15H2,1-3H3,(H,31,32)(H2,29,30,34)/b28-14-/t25-/m1/s1. The smallest absolute Gasteiger partial charge is 0.337 e. The number of carbonyl (C=O) groups excluding carboxylic acids is 3. The summed E-state index contributed by atoms with van der Waals surface area (Å²) in [5.41, 5.74) is 4.51. The van der Waals surface area contributed by atoms with Gasteiger partial charge in [0.15, 0.2) is 18.1 Å². The van der Waals surface area contributed by atoms with Gasteiger partial charge in [0.05, 0.1) is 32.0 Å². The molecule has 1 aromatic heterocycles. The van der Waals surface area contributed by atoms with E-state index in [9.17, 15) is 14.4 Å². The summed E-state index contributed by atoms with van der Waals surface area (Å²) in [6.07, 6.45) is 1.39. The Balaban J connectivity index is 1.38. The molecule has 3 N–H and O–H groups in total. The fraction of sp³-hybridized carbons (Fsp3) is 0.185. The van der Waals surface area contributed by atoms with Crippen molar-refractivity contribution in [3.8, 4) is 22.8 Å². The molecule has 4 rings (SSSR count). The van der Waals surface area contributed by atoms with Crippen LogP contribution >= 0.6 is 0 Å². The number of benzene rings is 2. The number of nitrogens with zero attached hydrogens (tertiary/aromatic N) is 1. The molecule has 0 unspecified atom stereocenters. The number of furan rings is 1. The lowest BCUT2D eigenvalue weighted by Crippen LogP contribution is -2.45. The maximum absolute atomic E-state index is 12.3. The molecule has 38 heavy (non-hydrogen) atoms. The summed E-state index contributed by atoms with van der Waals surface area (Å²) in [5.74, 6) is 0.669. The molecule has 0 saturated heterocycles. The quantitative estimate of drug-likeness (QED) is 0.224. The second-order valence-electron chi connectivity index (χ2n) is 8.12. The molecule has 11 heteroatoms. The van der Waals surface area contributed by atoms with E-state index in [0.29, 0.717) is 28.5 Å². The number of hydrazone groups is 1. The maximum Gasteiger partial charge on any atom is 0.337 e. The first-order chi connectivity index (χ1) is 18.4. The number of rotatable bonds is 9. The van der Waals surface area contributed by atoms with Gasteiger partial charge in [0.1, 0.15) is 11.5 Å². The van der Waals surface area contributed by atoms with Crippen LogP contribution < -0.4 is 25.5 Å². The summed E-state index contributed by atoms with van der Waals surface area (Å²) in [4.78, 5) is 36.6. The van der Waals surface area contributed by atoms with Crippen LogP contribution in [0.5, 0.6) is 11.5 Å². The number of ether oxygens (including phenoxy) is 3. The van der Waals surface area contributed by atoms with E-state index in [1.165, 1.54) is 20.4 Å². The Hall–Kier alpha value is -5.06. The lowest BCUT2D eigenvalue weighted by molar-refractivity contribution is -0.136. The van der Waals surface area contributed by atoms with E-state index in [2.05, 4.69) is 21.2 Å². The molecule has 1 atom stereocenters. The minimum atomic E-state index is -0.763. The Bertz CT molecular complexity index is 1400. The zero-order valence-electron chi connectivity index (χ0n) is 20.9. The van der Waals surface area contributed by atoms with Gasteiger partial charge in [-0.3, -0.25) is 4.79 Å². The highest BCUT2D eigenvalue weighted by molar-refractivity contribution is 5.95. The first-order valence-corrected chi connectivity index (χ1v) is 11.5. The van der Waals surface area contributed by atoms with Crippen LogP contribution in [0.4, 0.5) is 4.79 Å². The normalized spacial score (nSPS) is 15.0. The van der Waals surface area contributed by atoms with Crippen LogP contribution in [-0.2, 0) is 14.3 Å². The van der Waals surface area contributed by atoms with Crippen molar-refractivity contribution in [2.45, 2.75) is 13.0 Å². The number of carbonyl (C=O) groups is 3. The number of nitrogens with one attached hydrogen (secondary N) is 3. The van der Waals surface area contributed by atoms with Crippen molar-refractivity contribution in [1.29, 1.82) is 0 Å². The predicted octanol–water partition coefficient (Wildman–Crippen LogP) is 3.29. The molecular formula is C27H26N4O7. The molecule has 2 aromatic carbocycles. The van der Waals surface area contributed by atoms with Gasteiger partial charge >= 0.3 is 12.0 Å². The summed E-state index contributed by atoms with van der Waals surface area (Å²) in [5, 5.41) is 9.17. The van der Waals surface area contributed by atoms with E-state index >= 15 is 0 Å². The summed E-state index contributed by atoms with van der Waals surface area (Å²) in [6.45, 7) is 1.28. The molecule has 11 nitrogen and oxygen atoms in total. The van der Waals surface area contributed by atoms with Gasteiger partial charge < -0.3 is 29.3 Å². The van der Waals surface area contributed by atoms with Gasteiger partial charge in [0, 0.05) is 11.3 Å². The molecule has 3 aromatic rings. The Morgan fingerprint density at radius 1 is 1.08 bits per heavy atom. The second-order valence-corrected chi connectivity index (χ2v) is 8.12. The van der Waals surface area contributed by atoms with Crippen LogP contribution in [-0.4, -0.2) is 44.9 Å². The van der Waals surface area contributed by atoms with E-state index in [1.54, 1.807) is 31.2 Å². The number of hydrogen-bond donors (Lipinski definition) is 3. The van der Waals surface area contributed by atoms with E-state index in [4.69, 9.17) is 18.6 Å². The van der Waals surface area contributed by atoms with Gasteiger partial charge in [0.2, 0.25) is 0 Å². The van der Waals surface area contributed by atoms with Gasteiger partial charge in [-0.15, -0.1) is 0 Å². The zero-order chi connectivity index (χ0) is 27.1. The molecule has 0 saturated carbocycles. The number of esters is 1. The second kappa shape index (κ2) is 11.8. The average Bonchev–Trinajstić information content (AvgIpc) is 3.40. The lowest BCUT2D eigenvalue weighted by atomic mass is 9.95. The first-order valence-electron chi connectivity index (χ1n) is 11.5. The van der Waals surface area contributed by atoms with E-state index in [-0.39, 0.29) is 17.9 Å². The van der Waals surface area contributed by atoms with Crippen molar-refractivity contribution in [2.24, 2.45) is 5.10 Å². The van der Waals surface area contributed by atoms with Crippen molar-refractivity contribution in [1.82, 2.24) is 16.1 Å². The molecule has 0 radical (unpaired) electrons. The third kappa shape index (κ3) is 6.01. The summed E-state index contributed by atoms with van der Waals surface area (Å²) in [7, 11) is 2.70. The highest BCUT2D eigenvalue weighted by Crippen LogP contribution is 2.34. The Morgan fingerprint density at radius 3 is 2.61 bits per heavy atom. The molecule has 196 valence electrons. The monoisotopic (exact) mass is 518 g/mol. The third-order valence-corrected chi connectivity index (χ3v) is 5.62. The molecule has 0 aliphatic carbocycles. The topological polar surface area (TPSA) is 140 Å². The van der Waals surface area contributed by atoms with E-state index in [1.807, 2.05) is 36.4 Å². The molecular weight excluding hydrogens is 492 g/mol. The van der Waals surface area contributed by atoms with Gasteiger partial charge in [-0.1, -0.05) is 36.4 Å². The van der Waals surface area contributed by atoms with Crippen LogP contribution in [0.15, 0.2) is 81.5 Å². The largest absolute Gasteiger partial charge is 0.493 e. The van der Waals surface area contributed by atoms with Crippen molar-refractivity contribution in [2.75, 3.05) is 20.8 Å². The fourth-order valence-corrected chi connectivity index (χ4v) is 3.83. The molecule has 0 bridgehead atoms. The SMILES string of the molecule is COC(=O)C1=C(C)NC(=O)N[C@@H]1c1ccc(OCC(=O)N/N=C\c2ccc(-c3ccccc3)o2)c(OC)c1. The molecule has 3 amide bonds. The highest BCUT2D eigenvalue weighted by Gasteiger charge is 2.32. The van der Waals surface area contributed by atoms with Crippen LogP contribution in [0.1, 0.15) is 24.3 Å².